The molecule has 0 radical (unpaired) electrons. The summed E-state index contributed by atoms with van der Waals surface area (Å²) in [4.78, 5) is 0. The van der Waals surface area contributed by atoms with Gasteiger partial charge >= 0.3 is 6.18 Å². The van der Waals surface area contributed by atoms with Crippen LogP contribution in [-0.4, -0.2) is 22.4 Å². The Morgan fingerprint density at radius 3 is 2.64 bits per heavy atom. The van der Waals surface area contributed by atoms with Crippen LogP contribution in [0.5, 0.6) is 0 Å². The van der Waals surface area contributed by atoms with Gasteiger partial charge in [-0.3, -0.25) is 0 Å². The van der Waals surface area contributed by atoms with Crippen molar-refractivity contribution in [3.8, 4) is 0 Å². The predicted molar refractivity (Wildman–Crippen MR) is 81.0 cm³/mol. The molecule has 0 bridgehead atoms. The molecular formula is C13H15F3N4OS. The molecule has 9 heteroatoms. The standard InChI is InChI=1S/C13H15F3N4OS/c1-2-3-7-17-11-12(20-22(21)19-11)18-10-6-4-5-9(8-10)13(14,15)16/h4-6,8H,2-3,7H2,1H3,(H,17,19)(H,18,20). The van der Waals surface area contributed by atoms with E-state index in [9.17, 15) is 17.4 Å². The highest BCUT2D eigenvalue weighted by Crippen LogP contribution is 2.30. The number of nitrogens with one attached hydrogen (secondary N) is 2. The van der Waals surface area contributed by atoms with Crippen LogP contribution in [0, 0.1) is 0 Å². The molecule has 2 N–H and O–H groups in total. The second-order valence-corrected chi connectivity index (χ2v) is 5.42. The Morgan fingerprint density at radius 1 is 1.23 bits per heavy atom. The maximum atomic E-state index is 12.7. The zero-order valence-corrected chi connectivity index (χ0v) is 12.6. The number of hydrogen-bond acceptors (Lipinski definition) is 3. The molecule has 0 aliphatic carbocycles. The van der Waals surface area contributed by atoms with Gasteiger partial charge in [0.2, 0.25) is 0 Å². The summed E-state index contributed by atoms with van der Waals surface area (Å²) in [5, 5.41) is 5.69. The van der Waals surface area contributed by atoms with Crippen molar-refractivity contribution in [2.24, 2.45) is 8.80 Å². The molecule has 0 aromatic heterocycles. The minimum atomic E-state index is -4.42. The molecule has 0 spiro atoms. The molecule has 1 aromatic carbocycles. The van der Waals surface area contributed by atoms with Gasteiger partial charge in [0.05, 0.1) is 5.56 Å². The number of unbranched alkanes of at least 4 members (excludes halogenated alkanes) is 1. The van der Waals surface area contributed by atoms with Crippen LogP contribution < -0.4 is 10.6 Å². The van der Waals surface area contributed by atoms with E-state index in [1.807, 2.05) is 6.92 Å². The van der Waals surface area contributed by atoms with Gasteiger partial charge in [0.1, 0.15) is 0 Å². The summed E-state index contributed by atoms with van der Waals surface area (Å²) in [7, 11) is 0. The molecule has 0 saturated heterocycles. The van der Waals surface area contributed by atoms with E-state index in [-0.39, 0.29) is 11.5 Å². The molecule has 2 rings (SSSR count). The van der Waals surface area contributed by atoms with E-state index in [4.69, 9.17) is 0 Å². The number of benzene rings is 1. The van der Waals surface area contributed by atoms with Gasteiger partial charge in [-0.1, -0.05) is 19.4 Å². The smallest absolute Gasteiger partial charge is 0.366 e. The van der Waals surface area contributed by atoms with Crippen molar-refractivity contribution in [3.05, 3.63) is 29.8 Å². The number of rotatable bonds is 4. The van der Waals surface area contributed by atoms with Gasteiger partial charge in [-0.15, -0.1) is 8.80 Å². The fourth-order valence-electron chi connectivity index (χ4n) is 1.75. The van der Waals surface area contributed by atoms with E-state index in [1.165, 1.54) is 12.1 Å². The van der Waals surface area contributed by atoms with Crippen LogP contribution in [-0.2, 0) is 17.3 Å². The monoisotopic (exact) mass is 332 g/mol. The van der Waals surface area contributed by atoms with Gasteiger partial charge in [-0.05, 0) is 24.6 Å². The van der Waals surface area contributed by atoms with E-state index < -0.39 is 22.9 Å². The number of alkyl halides is 3. The number of amidine groups is 2. The molecule has 5 nitrogen and oxygen atoms in total. The minimum Gasteiger partial charge on any atom is -0.366 e. The van der Waals surface area contributed by atoms with Crippen LogP contribution in [0.3, 0.4) is 0 Å². The third-order valence-corrected chi connectivity index (χ3v) is 3.52. The second kappa shape index (κ2) is 6.91. The van der Waals surface area contributed by atoms with Gasteiger partial charge in [-0.25, -0.2) is 4.21 Å². The van der Waals surface area contributed by atoms with E-state index in [0.717, 1.165) is 25.0 Å². The van der Waals surface area contributed by atoms with Crippen LogP contribution in [0.2, 0.25) is 0 Å². The fraction of sp³-hybridized carbons (Fsp3) is 0.385. The molecule has 0 amide bonds. The van der Waals surface area contributed by atoms with Crippen molar-refractivity contribution < 1.29 is 17.4 Å². The fourth-order valence-corrected chi connectivity index (χ4v) is 2.39. The molecule has 1 aliphatic heterocycles. The summed E-state index contributed by atoms with van der Waals surface area (Å²) >= 11 is -1.76. The van der Waals surface area contributed by atoms with Crippen molar-refractivity contribution in [2.45, 2.75) is 25.9 Å². The summed E-state index contributed by atoms with van der Waals surface area (Å²) in [6.45, 7) is 2.64. The number of halogens is 3. The first-order chi connectivity index (χ1) is 10.4. The highest BCUT2D eigenvalue weighted by atomic mass is 32.2. The Bertz CT molecular complexity index is 628. The van der Waals surface area contributed by atoms with E-state index in [0.29, 0.717) is 12.4 Å². The Kier molecular flexibility index (Phi) is 5.17. The Hall–Kier alpha value is -1.90. The summed E-state index contributed by atoms with van der Waals surface area (Å²) in [6.07, 6.45) is -2.56. The van der Waals surface area contributed by atoms with E-state index in [2.05, 4.69) is 19.4 Å². The lowest BCUT2D eigenvalue weighted by atomic mass is 10.2. The lowest BCUT2D eigenvalue weighted by Gasteiger charge is -2.12. The van der Waals surface area contributed by atoms with Gasteiger partial charge in [0, 0.05) is 12.2 Å². The zero-order valence-electron chi connectivity index (χ0n) is 11.8. The molecule has 0 fully saturated rings. The average molecular weight is 332 g/mol. The first-order valence-corrected chi connectivity index (χ1v) is 7.74. The normalized spacial score (nSPS) is 17.9. The molecule has 1 unspecified atom stereocenters. The lowest BCUT2D eigenvalue weighted by molar-refractivity contribution is -0.137. The maximum absolute atomic E-state index is 12.7. The molecule has 0 saturated carbocycles. The zero-order chi connectivity index (χ0) is 16.2. The molecule has 120 valence electrons. The van der Waals surface area contributed by atoms with Gasteiger partial charge in [-0.2, -0.15) is 13.2 Å². The van der Waals surface area contributed by atoms with E-state index >= 15 is 0 Å². The van der Waals surface area contributed by atoms with Crippen LogP contribution in [0.15, 0.2) is 33.1 Å². The Morgan fingerprint density at radius 2 is 1.95 bits per heavy atom. The summed E-state index contributed by atoms with van der Waals surface area (Å²) in [5.41, 5.74) is -0.563. The predicted octanol–water partition coefficient (Wildman–Crippen LogP) is 2.90. The Labute approximate surface area is 128 Å². The number of hydrogen-bond donors (Lipinski definition) is 2. The second-order valence-electron chi connectivity index (χ2n) is 4.59. The number of anilines is 1. The van der Waals surface area contributed by atoms with Crippen molar-refractivity contribution in [1.82, 2.24) is 5.32 Å². The first kappa shape index (κ1) is 16.5. The van der Waals surface area contributed by atoms with Gasteiger partial charge in [0.25, 0.3) is 11.2 Å². The van der Waals surface area contributed by atoms with Crippen molar-refractivity contribution in [1.29, 1.82) is 0 Å². The third-order valence-electron chi connectivity index (χ3n) is 2.84. The molecule has 1 atom stereocenters. The van der Waals surface area contributed by atoms with Crippen LogP contribution in [0.4, 0.5) is 18.9 Å². The van der Waals surface area contributed by atoms with Crippen LogP contribution in [0.1, 0.15) is 25.3 Å². The van der Waals surface area contributed by atoms with E-state index in [1.54, 1.807) is 0 Å². The molecule has 22 heavy (non-hydrogen) atoms. The quantitative estimate of drug-likeness (QED) is 0.833. The molecule has 1 heterocycles. The van der Waals surface area contributed by atoms with Crippen LogP contribution in [0.25, 0.3) is 0 Å². The van der Waals surface area contributed by atoms with Crippen molar-refractivity contribution in [2.75, 3.05) is 11.9 Å². The summed E-state index contributed by atoms with van der Waals surface area (Å²) < 4.78 is 57.0. The highest BCUT2D eigenvalue weighted by Gasteiger charge is 2.30. The molecular weight excluding hydrogens is 317 g/mol. The summed E-state index contributed by atoms with van der Waals surface area (Å²) in [6, 6.07) is 4.71. The van der Waals surface area contributed by atoms with Gasteiger partial charge in [0.15, 0.2) is 11.7 Å². The molecule has 1 aromatic rings. The van der Waals surface area contributed by atoms with Gasteiger partial charge < -0.3 is 10.6 Å². The SMILES string of the molecule is CCCCNC1=NS(=O)N=C1Nc1cccc(C(F)(F)F)c1. The third kappa shape index (κ3) is 4.30. The molecule has 1 aliphatic rings. The summed E-state index contributed by atoms with van der Waals surface area (Å²) in [5.74, 6) is 0.470. The number of nitrogens with zero attached hydrogens (tertiary/aromatic N) is 2. The minimum absolute atomic E-state index is 0.175. The largest absolute Gasteiger partial charge is 0.416 e. The highest BCUT2D eigenvalue weighted by molar-refractivity contribution is 7.83. The average Bonchev–Trinajstić information content (AvgIpc) is 2.78. The Balaban J connectivity index is 2.11. The lowest BCUT2D eigenvalue weighted by Crippen LogP contribution is -2.34. The van der Waals surface area contributed by atoms with Crippen LogP contribution >= 0.6 is 0 Å². The van der Waals surface area contributed by atoms with Crippen molar-refractivity contribution >= 4 is 28.5 Å². The van der Waals surface area contributed by atoms with Crippen molar-refractivity contribution in [3.63, 3.8) is 0 Å². The first-order valence-electron chi connectivity index (χ1n) is 6.68. The maximum Gasteiger partial charge on any atom is 0.416 e. The topological polar surface area (TPSA) is 65.8 Å².